The van der Waals surface area contributed by atoms with E-state index in [0.717, 1.165) is 71.3 Å². The molecule has 6 nitrogen and oxygen atoms in total. The first-order valence-electron chi connectivity index (χ1n) is 9.49. The first kappa shape index (κ1) is 22.9. The third kappa shape index (κ3) is 9.40. The van der Waals surface area contributed by atoms with E-state index in [-0.39, 0.29) is 24.0 Å². The molecule has 148 valence electrons. The number of hydrogen-bond donors (Lipinski definition) is 2. The normalized spacial score (nSPS) is 21.7. The number of hydrogen-bond acceptors (Lipinski definition) is 4. The van der Waals surface area contributed by atoms with Crippen molar-refractivity contribution in [1.29, 1.82) is 0 Å². The van der Waals surface area contributed by atoms with Gasteiger partial charge in [0.2, 0.25) is 0 Å². The van der Waals surface area contributed by atoms with E-state index in [4.69, 9.17) is 14.2 Å². The van der Waals surface area contributed by atoms with Crippen molar-refractivity contribution in [1.82, 2.24) is 10.6 Å². The second-order valence-corrected chi connectivity index (χ2v) is 6.86. The largest absolute Gasteiger partial charge is 0.382 e. The zero-order valence-corrected chi connectivity index (χ0v) is 18.2. The third-order valence-corrected chi connectivity index (χ3v) is 4.88. The summed E-state index contributed by atoms with van der Waals surface area (Å²) < 4.78 is 16.7. The second-order valence-electron chi connectivity index (χ2n) is 6.86. The number of aliphatic imine (C=N–C) groups is 1. The maximum atomic E-state index is 5.67. The Hall–Kier alpha value is -0.120. The van der Waals surface area contributed by atoms with Crippen molar-refractivity contribution < 1.29 is 14.2 Å². The highest BCUT2D eigenvalue weighted by Gasteiger charge is 2.41. The Bertz CT molecular complexity index is 373. The molecular formula is C18H36IN3O3. The smallest absolute Gasteiger partial charge is 0.190 e. The number of ether oxygens (including phenoxy) is 3. The van der Waals surface area contributed by atoms with Crippen molar-refractivity contribution in [3.05, 3.63) is 0 Å². The van der Waals surface area contributed by atoms with E-state index in [1.165, 1.54) is 19.3 Å². The van der Waals surface area contributed by atoms with Crippen molar-refractivity contribution in [3.63, 3.8) is 0 Å². The van der Waals surface area contributed by atoms with Crippen LogP contribution in [-0.4, -0.2) is 65.2 Å². The van der Waals surface area contributed by atoms with Crippen molar-refractivity contribution in [3.8, 4) is 0 Å². The van der Waals surface area contributed by atoms with Gasteiger partial charge < -0.3 is 24.8 Å². The van der Waals surface area contributed by atoms with Crippen LogP contribution in [0.15, 0.2) is 4.99 Å². The van der Waals surface area contributed by atoms with Gasteiger partial charge in [0.1, 0.15) is 0 Å². The minimum Gasteiger partial charge on any atom is -0.382 e. The zero-order chi connectivity index (χ0) is 17.1. The van der Waals surface area contributed by atoms with Gasteiger partial charge in [-0.25, -0.2) is 0 Å². The highest BCUT2D eigenvalue weighted by molar-refractivity contribution is 14.0. The molecule has 0 aromatic rings. The van der Waals surface area contributed by atoms with Gasteiger partial charge in [0.05, 0.1) is 12.7 Å². The number of nitrogens with zero attached hydrogens (tertiary/aromatic N) is 1. The fourth-order valence-electron chi connectivity index (χ4n) is 2.99. The fraction of sp³-hybridized carbons (Fsp3) is 0.944. The molecule has 2 N–H and O–H groups in total. The lowest BCUT2D eigenvalue weighted by molar-refractivity contribution is 0.0168. The molecule has 0 aromatic heterocycles. The Morgan fingerprint density at radius 3 is 2.72 bits per heavy atom. The van der Waals surface area contributed by atoms with Gasteiger partial charge in [-0.2, -0.15) is 0 Å². The molecule has 0 spiro atoms. The first-order valence-corrected chi connectivity index (χ1v) is 9.49. The summed E-state index contributed by atoms with van der Waals surface area (Å²) in [6.07, 6.45) is 7.33. The van der Waals surface area contributed by atoms with Crippen LogP contribution >= 0.6 is 24.0 Å². The van der Waals surface area contributed by atoms with Crippen LogP contribution in [0.1, 0.15) is 45.4 Å². The predicted octanol–water partition coefficient (Wildman–Crippen LogP) is 2.56. The molecular weight excluding hydrogens is 433 g/mol. The van der Waals surface area contributed by atoms with E-state index in [1.807, 2.05) is 14.0 Å². The lowest BCUT2D eigenvalue weighted by Gasteiger charge is -2.18. The molecule has 0 bridgehead atoms. The summed E-state index contributed by atoms with van der Waals surface area (Å²) in [6, 6.07) is 0. The van der Waals surface area contributed by atoms with Crippen molar-refractivity contribution in [2.45, 2.75) is 51.6 Å². The molecule has 2 fully saturated rings. The summed E-state index contributed by atoms with van der Waals surface area (Å²) in [4.78, 5) is 4.30. The fourth-order valence-corrected chi connectivity index (χ4v) is 2.99. The van der Waals surface area contributed by atoms with Gasteiger partial charge in [0.15, 0.2) is 5.96 Å². The quantitative estimate of drug-likeness (QED) is 0.199. The molecule has 2 aliphatic rings. The Balaban J connectivity index is 0.00000312. The van der Waals surface area contributed by atoms with E-state index in [1.54, 1.807) is 0 Å². The van der Waals surface area contributed by atoms with Gasteiger partial charge in [0.25, 0.3) is 0 Å². The minimum absolute atomic E-state index is 0. The molecule has 1 aliphatic carbocycles. The standard InChI is InChI=1S/C18H35N3O3.HI/c1-3-22-13-9-18(7-8-18)15-21-17(19-2)20-10-5-11-23-14-16-6-4-12-24-16;/h16H,3-15H2,1-2H3,(H2,19,20,21);1H. The predicted molar refractivity (Wildman–Crippen MR) is 112 cm³/mol. The molecule has 2 rings (SSSR count). The summed E-state index contributed by atoms with van der Waals surface area (Å²) in [5.74, 6) is 0.886. The average molecular weight is 469 g/mol. The van der Waals surface area contributed by atoms with Gasteiger partial charge in [-0.15, -0.1) is 24.0 Å². The summed E-state index contributed by atoms with van der Waals surface area (Å²) in [6.45, 7) is 7.97. The van der Waals surface area contributed by atoms with E-state index < -0.39 is 0 Å². The highest BCUT2D eigenvalue weighted by atomic mass is 127. The summed E-state index contributed by atoms with van der Waals surface area (Å²) in [5.41, 5.74) is 0.428. The molecule has 1 aliphatic heterocycles. The Labute approximate surface area is 169 Å². The first-order chi connectivity index (χ1) is 11.8. The van der Waals surface area contributed by atoms with E-state index in [9.17, 15) is 0 Å². The molecule has 1 heterocycles. The molecule has 0 aromatic carbocycles. The van der Waals surface area contributed by atoms with Crippen molar-refractivity contribution in [2.75, 3.05) is 53.2 Å². The van der Waals surface area contributed by atoms with Gasteiger partial charge in [-0.1, -0.05) is 0 Å². The average Bonchev–Trinajstić information content (AvgIpc) is 3.17. The van der Waals surface area contributed by atoms with Crippen LogP contribution in [0.4, 0.5) is 0 Å². The Morgan fingerprint density at radius 2 is 2.08 bits per heavy atom. The van der Waals surface area contributed by atoms with E-state index >= 15 is 0 Å². The van der Waals surface area contributed by atoms with E-state index in [0.29, 0.717) is 11.5 Å². The van der Waals surface area contributed by atoms with Gasteiger partial charge in [-0.05, 0) is 50.9 Å². The van der Waals surface area contributed by atoms with Gasteiger partial charge in [-0.3, -0.25) is 4.99 Å². The van der Waals surface area contributed by atoms with Crippen LogP contribution in [0.5, 0.6) is 0 Å². The lowest BCUT2D eigenvalue weighted by Crippen LogP contribution is -2.41. The van der Waals surface area contributed by atoms with Crippen molar-refractivity contribution >= 4 is 29.9 Å². The molecule has 1 unspecified atom stereocenters. The second kappa shape index (κ2) is 13.1. The topological polar surface area (TPSA) is 64.1 Å². The molecule has 1 atom stereocenters. The Morgan fingerprint density at radius 1 is 1.24 bits per heavy atom. The van der Waals surface area contributed by atoms with Crippen LogP contribution in [0.3, 0.4) is 0 Å². The Kier molecular flexibility index (Phi) is 12.0. The summed E-state index contributed by atoms with van der Waals surface area (Å²) in [5, 5.41) is 6.82. The minimum atomic E-state index is 0. The third-order valence-electron chi connectivity index (χ3n) is 4.88. The van der Waals surface area contributed by atoms with Crippen molar-refractivity contribution in [2.24, 2.45) is 10.4 Å². The van der Waals surface area contributed by atoms with Crippen LogP contribution < -0.4 is 10.6 Å². The number of guanidine groups is 1. The van der Waals surface area contributed by atoms with Gasteiger partial charge >= 0.3 is 0 Å². The molecule has 1 saturated carbocycles. The molecule has 0 amide bonds. The van der Waals surface area contributed by atoms with Gasteiger partial charge in [0, 0.05) is 46.6 Å². The molecule has 0 radical (unpaired) electrons. The maximum Gasteiger partial charge on any atom is 0.190 e. The molecule has 25 heavy (non-hydrogen) atoms. The number of rotatable bonds is 12. The van der Waals surface area contributed by atoms with Crippen LogP contribution in [0.25, 0.3) is 0 Å². The SMILES string of the molecule is CCOCCC1(CNC(=NC)NCCCOCC2CCCO2)CC1.I. The number of nitrogens with one attached hydrogen (secondary N) is 2. The van der Waals surface area contributed by atoms with Crippen LogP contribution in [0, 0.1) is 5.41 Å². The maximum absolute atomic E-state index is 5.67. The van der Waals surface area contributed by atoms with E-state index in [2.05, 4.69) is 15.6 Å². The van der Waals surface area contributed by atoms with Crippen LogP contribution in [-0.2, 0) is 14.2 Å². The summed E-state index contributed by atoms with van der Waals surface area (Å²) in [7, 11) is 1.82. The lowest BCUT2D eigenvalue weighted by atomic mass is 10.0. The number of halogens is 1. The van der Waals surface area contributed by atoms with Crippen LogP contribution in [0.2, 0.25) is 0 Å². The summed E-state index contributed by atoms with van der Waals surface area (Å²) >= 11 is 0. The monoisotopic (exact) mass is 469 g/mol. The molecule has 1 saturated heterocycles. The highest BCUT2D eigenvalue weighted by Crippen LogP contribution is 2.48. The molecule has 7 heteroatoms. The zero-order valence-electron chi connectivity index (χ0n) is 15.8.